The second kappa shape index (κ2) is 33.9. The first kappa shape index (κ1) is 37.6. The minimum atomic E-state index is -0.603. The Bertz CT molecular complexity index is 669. The molecule has 0 N–H and O–H groups in total. The molecule has 0 radical (unpaired) electrons. The molecule has 1 rings (SSSR count). The van der Waals surface area contributed by atoms with Gasteiger partial charge in [0.1, 0.15) is 6.79 Å². The molecule has 10 nitrogen and oxygen atoms in total. The molecule has 0 aromatic heterocycles. The van der Waals surface area contributed by atoms with Gasteiger partial charge in [-0.15, -0.1) is 0 Å². The van der Waals surface area contributed by atoms with Crippen molar-refractivity contribution in [2.75, 3.05) is 32.9 Å². The van der Waals surface area contributed by atoms with Gasteiger partial charge in [0.2, 0.25) is 0 Å². The van der Waals surface area contributed by atoms with Crippen molar-refractivity contribution >= 4 is 24.7 Å². The Morgan fingerprint density at radius 2 is 1.18 bits per heavy atom. The van der Waals surface area contributed by atoms with Gasteiger partial charge in [0.15, 0.2) is 0 Å². The fraction of sp³-hybridized carbons (Fsp3) is 0.625. The zero-order valence-electron chi connectivity index (χ0n) is 20.6. The minimum Gasteiger partial charge on any atom is -0.471 e. The largest absolute Gasteiger partial charge is 0.471 e. The summed E-state index contributed by atoms with van der Waals surface area (Å²) in [6.07, 6.45) is 8.18. The predicted octanol–water partition coefficient (Wildman–Crippen LogP) is 4.47. The number of nitrogens with zero attached hydrogens (tertiary/aromatic N) is 3. The summed E-state index contributed by atoms with van der Waals surface area (Å²) in [4.78, 5) is 48.0. The van der Waals surface area contributed by atoms with Crippen molar-refractivity contribution in [2.24, 2.45) is 0 Å². The van der Waals surface area contributed by atoms with Crippen LogP contribution in [0.25, 0.3) is 14.5 Å². The summed E-state index contributed by atoms with van der Waals surface area (Å²) in [7, 11) is 0. The van der Waals surface area contributed by atoms with E-state index in [1.807, 2.05) is 20.6 Å². The van der Waals surface area contributed by atoms with E-state index in [-0.39, 0.29) is 18.8 Å². The maximum Gasteiger partial charge on any atom is 0.387 e. The number of hydrogen-bond acceptors (Lipinski definition) is 7. The molecule has 1 aliphatic carbocycles. The molecular formula is C24H37N3O7. The highest BCUT2D eigenvalue weighted by molar-refractivity contribution is 5.89. The zero-order chi connectivity index (χ0) is 27.0. The standard InChI is InChI=1S/C8H11NO2.C7H11NO2.C5H7NO2.C3H6.CH2O/c1-4-5-6-11-8(10)7(2)9-3;1-3-4-5-10-7(9)6-8-2;1-3-8-5(7)4-6-2;1-2-3-1;1-2/h2,4-6H2,1H3;3-6H2,1H3;3-4H2,1H3;1-3H2;1H2. The summed E-state index contributed by atoms with van der Waals surface area (Å²) in [6, 6.07) is 0. The number of esters is 3. The topological polar surface area (TPSA) is 109 Å². The molecule has 10 heteroatoms. The van der Waals surface area contributed by atoms with Crippen LogP contribution in [0.1, 0.15) is 65.7 Å². The number of carbonyl (C=O) groups is 4. The van der Waals surface area contributed by atoms with Crippen LogP contribution < -0.4 is 0 Å². The van der Waals surface area contributed by atoms with E-state index in [0.717, 1.165) is 25.7 Å². The van der Waals surface area contributed by atoms with Crippen molar-refractivity contribution in [2.45, 2.75) is 65.7 Å². The molecular weight excluding hydrogens is 442 g/mol. The van der Waals surface area contributed by atoms with Crippen LogP contribution in [0.15, 0.2) is 12.3 Å². The maximum absolute atomic E-state index is 10.7. The summed E-state index contributed by atoms with van der Waals surface area (Å²) >= 11 is 0. The van der Waals surface area contributed by atoms with Crippen LogP contribution in [-0.4, -0.2) is 57.6 Å². The van der Waals surface area contributed by atoms with Gasteiger partial charge in [0.25, 0.3) is 5.70 Å². The molecule has 190 valence electrons. The van der Waals surface area contributed by atoms with Gasteiger partial charge >= 0.3 is 31.0 Å². The molecule has 0 amide bonds. The number of unbranched alkanes of at least 4 members (excludes halogenated alkanes) is 2. The molecule has 0 bridgehead atoms. The van der Waals surface area contributed by atoms with Gasteiger partial charge < -0.3 is 28.7 Å². The van der Waals surface area contributed by atoms with E-state index in [4.69, 9.17) is 24.5 Å². The second-order valence-electron chi connectivity index (χ2n) is 6.12. The summed E-state index contributed by atoms with van der Waals surface area (Å²) in [5.41, 5.74) is -0.152. The molecule has 1 fully saturated rings. The van der Waals surface area contributed by atoms with Crippen molar-refractivity contribution in [1.29, 1.82) is 0 Å². The van der Waals surface area contributed by atoms with Gasteiger partial charge in [-0.3, -0.25) is 4.79 Å². The molecule has 0 aromatic carbocycles. The molecule has 0 unspecified atom stereocenters. The van der Waals surface area contributed by atoms with E-state index in [1.54, 1.807) is 6.92 Å². The normalized spacial score (nSPS) is 9.18. The molecule has 1 aliphatic rings. The lowest BCUT2D eigenvalue weighted by atomic mass is 10.4. The van der Waals surface area contributed by atoms with Gasteiger partial charge in [-0.25, -0.2) is 27.6 Å². The highest BCUT2D eigenvalue weighted by Crippen LogP contribution is 2.14. The third-order valence-electron chi connectivity index (χ3n) is 2.94. The average Bonchev–Trinajstić information content (AvgIpc) is 3.71. The smallest absolute Gasteiger partial charge is 0.387 e. The van der Waals surface area contributed by atoms with Gasteiger partial charge in [-0.1, -0.05) is 52.5 Å². The van der Waals surface area contributed by atoms with Gasteiger partial charge in [0, 0.05) is 0 Å². The molecule has 1 saturated carbocycles. The Morgan fingerprint density at radius 1 is 0.765 bits per heavy atom. The lowest BCUT2D eigenvalue weighted by Gasteiger charge is -2.00. The third kappa shape index (κ3) is 42.4. The molecule has 34 heavy (non-hydrogen) atoms. The maximum atomic E-state index is 10.7. The van der Waals surface area contributed by atoms with Crippen LogP contribution in [0.5, 0.6) is 0 Å². The first-order valence-corrected chi connectivity index (χ1v) is 10.8. The van der Waals surface area contributed by atoms with Gasteiger partial charge in [-0.05, 0) is 19.8 Å². The fourth-order valence-electron chi connectivity index (χ4n) is 1.15. The lowest BCUT2D eigenvalue weighted by molar-refractivity contribution is -0.142. The van der Waals surface area contributed by atoms with Crippen LogP contribution in [0.3, 0.4) is 0 Å². The summed E-state index contributed by atoms with van der Waals surface area (Å²) < 4.78 is 13.8. The Morgan fingerprint density at radius 3 is 1.50 bits per heavy atom. The second-order valence-corrected chi connectivity index (χ2v) is 6.12. The Labute approximate surface area is 203 Å². The zero-order valence-corrected chi connectivity index (χ0v) is 20.6. The van der Waals surface area contributed by atoms with Crippen molar-refractivity contribution in [3.8, 4) is 0 Å². The monoisotopic (exact) mass is 479 g/mol. The van der Waals surface area contributed by atoms with E-state index in [0.29, 0.717) is 19.8 Å². The predicted molar refractivity (Wildman–Crippen MR) is 128 cm³/mol. The van der Waals surface area contributed by atoms with Crippen LogP contribution >= 0.6 is 0 Å². The molecule has 0 saturated heterocycles. The van der Waals surface area contributed by atoms with E-state index in [1.165, 1.54) is 19.3 Å². The minimum absolute atomic E-state index is 0.149. The average molecular weight is 480 g/mol. The number of carbonyl (C=O) groups excluding carboxylic acids is 4. The van der Waals surface area contributed by atoms with Gasteiger partial charge in [0.05, 0.1) is 26.4 Å². The molecule has 0 aliphatic heterocycles. The third-order valence-corrected chi connectivity index (χ3v) is 2.94. The van der Waals surface area contributed by atoms with Crippen LogP contribution in [-0.2, 0) is 33.4 Å². The number of rotatable bonds is 10. The molecule has 0 heterocycles. The Balaban J connectivity index is -0.000000181. The highest BCUT2D eigenvalue weighted by Gasteiger charge is 2.06. The van der Waals surface area contributed by atoms with Crippen LogP contribution in [0.4, 0.5) is 0 Å². The summed E-state index contributed by atoms with van der Waals surface area (Å²) in [5.74, 6) is -1.46. The molecule has 0 spiro atoms. The van der Waals surface area contributed by atoms with Crippen molar-refractivity contribution < 1.29 is 33.4 Å². The van der Waals surface area contributed by atoms with E-state index in [2.05, 4.69) is 35.3 Å². The van der Waals surface area contributed by atoms with Crippen LogP contribution in [0, 0.1) is 19.7 Å². The summed E-state index contributed by atoms with van der Waals surface area (Å²) in [6.45, 7) is 30.8. The Kier molecular flexibility index (Phi) is 37.5. The first-order valence-electron chi connectivity index (χ1n) is 10.8. The Hall–Kier alpha value is -3.71. The van der Waals surface area contributed by atoms with Crippen molar-refractivity contribution in [3.63, 3.8) is 0 Å². The van der Waals surface area contributed by atoms with Crippen molar-refractivity contribution in [3.05, 3.63) is 46.5 Å². The number of ether oxygens (including phenoxy) is 3. The summed E-state index contributed by atoms with van der Waals surface area (Å²) in [5, 5.41) is 0. The first-order chi connectivity index (χ1) is 16.3. The van der Waals surface area contributed by atoms with E-state index >= 15 is 0 Å². The molecule has 0 atom stereocenters. The quantitative estimate of drug-likeness (QED) is 0.150. The van der Waals surface area contributed by atoms with Crippen LogP contribution in [0.2, 0.25) is 0 Å². The lowest BCUT2D eigenvalue weighted by Crippen LogP contribution is -2.07. The van der Waals surface area contributed by atoms with E-state index < -0.39 is 17.9 Å². The fourth-order valence-corrected chi connectivity index (χ4v) is 1.15. The highest BCUT2D eigenvalue weighted by atomic mass is 16.5. The number of hydrogen-bond donors (Lipinski definition) is 0. The SMILES string of the molecule is C1CC1.C=O.[C-]#[N+]C(=C)C(=O)OCCCC.[C-]#[N+]CC(=O)OCC.[C-]#[N+]CC(=O)OCCCC. The van der Waals surface area contributed by atoms with E-state index in [9.17, 15) is 14.4 Å². The molecule has 0 aromatic rings. The van der Waals surface area contributed by atoms with Gasteiger partial charge in [-0.2, -0.15) is 0 Å². The van der Waals surface area contributed by atoms with Crippen molar-refractivity contribution in [1.82, 2.24) is 0 Å².